The lowest BCUT2D eigenvalue weighted by molar-refractivity contribution is 0.238. The van der Waals surface area contributed by atoms with E-state index in [1.165, 1.54) is 47.3 Å². The number of aromatic hydroxyl groups is 1. The van der Waals surface area contributed by atoms with E-state index in [1.807, 2.05) is 12.1 Å². The molecule has 0 amide bonds. The van der Waals surface area contributed by atoms with E-state index in [9.17, 15) is 5.11 Å². The highest BCUT2D eigenvalue weighted by molar-refractivity contribution is 9.10. The molecule has 9 heteroatoms. The average molecular weight is 591 g/mol. The molecule has 0 atom stereocenters. The molecule has 0 bridgehead atoms. The van der Waals surface area contributed by atoms with Crippen molar-refractivity contribution in [2.45, 2.75) is 25.8 Å². The van der Waals surface area contributed by atoms with Crippen LogP contribution in [0.25, 0.3) is 20.5 Å². The fraction of sp³-hybridized carbons (Fsp3) is 0.276. The first-order valence-electron chi connectivity index (χ1n) is 12.8. The largest absolute Gasteiger partial charge is 0.508 e. The van der Waals surface area contributed by atoms with Gasteiger partial charge in [0, 0.05) is 20.6 Å². The molecule has 0 saturated carbocycles. The zero-order valence-corrected chi connectivity index (χ0v) is 23.3. The average Bonchev–Trinajstić information content (AvgIpc) is 3.69. The molecule has 1 fully saturated rings. The third kappa shape index (κ3) is 5.60. The number of likely N-dealkylation sites (tertiary alicyclic amines) is 1. The quantitative estimate of drug-likeness (QED) is 0.223. The van der Waals surface area contributed by atoms with Crippen LogP contribution in [0.5, 0.6) is 11.5 Å². The van der Waals surface area contributed by atoms with Crippen LogP contribution in [-0.2, 0) is 13.0 Å². The van der Waals surface area contributed by atoms with E-state index < -0.39 is 0 Å². The SMILES string of the molecule is Oc1ccc2c(Cc3ccc(Cn4cnnn4)c(Br)c3)c(-c3ccc(OCCN4CCCC4)cc3)sc2c1. The van der Waals surface area contributed by atoms with E-state index >= 15 is 0 Å². The summed E-state index contributed by atoms with van der Waals surface area (Å²) in [5.41, 5.74) is 4.73. The highest BCUT2D eigenvalue weighted by Crippen LogP contribution is 2.41. The van der Waals surface area contributed by atoms with Crippen molar-refractivity contribution in [2.24, 2.45) is 0 Å². The predicted octanol–water partition coefficient (Wildman–Crippen LogP) is 6.14. The van der Waals surface area contributed by atoms with E-state index in [0.717, 1.165) is 39.0 Å². The summed E-state index contributed by atoms with van der Waals surface area (Å²) < 4.78 is 9.84. The number of phenolic OH excluding ortho intramolecular Hbond substituents is 1. The van der Waals surface area contributed by atoms with Gasteiger partial charge in [-0.2, -0.15) is 0 Å². The third-order valence-electron chi connectivity index (χ3n) is 6.99. The molecule has 194 valence electrons. The zero-order chi connectivity index (χ0) is 25.9. The van der Waals surface area contributed by atoms with Crippen molar-refractivity contribution in [3.05, 3.63) is 88.2 Å². The number of hydrogen-bond donors (Lipinski definition) is 1. The van der Waals surface area contributed by atoms with Crippen LogP contribution in [0.1, 0.15) is 29.5 Å². The van der Waals surface area contributed by atoms with Gasteiger partial charge in [0.05, 0.1) is 6.54 Å². The lowest BCUT2D eigenvalue weighted by Gasteiger charge is -2.15. The van der Waals surface area contributed by atoms with Crippen LogP contribution in [-0.4, -0.2) is 56.5 Å². The van der Waals surface area contributed by atoms with Crippen molar-refractivity contribution in [3.8, 4) is 21.9 Å². The smallest absolute Gasteiger partial charge is 0.138 e. The number of fused-ring (bicyclic) bond motifs is 1. The van der Waals surface area contributed by atoms with E-state index in [2.05, 4.69) is 78.8 Å². The van der Waals surface area contributed by atoms with E-state index in [4.69, 9.17) is 4.74 Å². The number of ether oxygens (including phenoxy) is 1. The summed E-state index contributed by atoms with van der Waals surface area (Å²) in [6.45, 7) is 4.67. The second-order valence-electron chi connectivity index (χ2n) is 9.62. The highest BCUT2D eigenvalue weighted by Gasteiger charge is 2.16. The van der Waals surface area contributed by atoms with Crippen LogP contribution in [0, 0.1) is 0 Å². The van der Waals surface area contributed by atoms with Crippen LogP contribution >= 0.6 is 27.3 Å². The Morgan fingerprint density at radius 3 is 2.61 bits per heavy atom. The molecule has 0 unspecified atom stereocenters. The zero-order valence-electron chi connectivity index (χ0n) is 20.9. The first kappa shape index (κ1) is 25.0. The summed E-state index contributed by atoms with van der Waals surface area (Å²) in [4.78, 5) is 3.67. The van der Waals surface area contributed by atoms with Crippen LogP contribution in [0.4, 0.5) is 0 Å². The number of hydrogen-bond acceptors (Lipinski definition) is 7. The van der Waals surface area contributed by atoms with Gasteiger partial charge in [-0.3, -0.25) is 4.90 Å². The number of thiophene rings is 1. The van der Waals surface area contributed by atoms with Gasteiger partial charge in [-0.05, 0) is 119 Å². The molecule has 0 spiro atoms. The lowest BCUT2D eigenvalue weighted by atomic mass is 9.98. The van der Waals surface area contributed by atoms with Crippen molar-refractivity contribution in [1.29, 1.82) is 0 Å². The number of halogens is 1. The third-order valence-corrected chi connectivity index (χ3v) is 8.97. The number of aromatic nitrogens is 4. The Hall–Kier alpha value is -3.27. The van der Waals surface area contributed by atoms with Gasteiger partial charge < -0.3 is 9.84 Å². The number of tetrazole rings is 1. The van der Waals surface area contributed by atoms with Crippen LogP contribution < -0.4 is 4.74 Å². The molecule has 1 aliphatic heterocycles. The minimum Gasteiger partial charge on any atom is -0.508 e. The van der Waals surface area contributed by atoms with Gasteiger partial charge in [-0.25, -0.2) is 4.68 Å². The molecule has 6 rings (SSSR count). The van der Waals surface area contributed by atoms with E-state index in [1.54, 1.807) is 28.4 Å². The monoisotopic (exact) mass is 589 g/mol. The van der Waals surface area contributed by atoms with Crippen molar-refractivity contribution in [3.63, 3.8) is 0 Å². The minimum atomic E-state index is 0.285. The first-order chi connectivity index (χ1) is 18.6. The van der Waals surface area contributed by atoms with Gasteiger partial charge in [0.15, 0.2) is 0 Å². The molecular formula is C29H28BrN5O2S. The van der Waals surface area contributed by atoms with Crippen molar-refractivity contribution in [1.82, 2.24) is 25.1 Å². The summed E-state index contributed by atoms with van der Waals surface area (Å²) in [6, 6.07) is 20.5. The van der Waals surface area contributed by atoms with Crippen molar-refractivity contribution < 1.29 is 9.84 Å². The molecule has 3 aromatic carbocycles. The second-order valence-corrected chi connectivity index (χ2v) is 11.5. The van der Waals surface area contributed by atoms with Gasteiger partial charge in [0.25, 0.3) is 0 Å². The fourth-order valence-corrected chi connectivity index (χ4v) is 6.82. The highest BCUT2D eigenvalue weighted by atomic mass is 79.9. The topological polar surface area (TPSA) is 76.3 Å². The van der Waals surface area contributed by atoms with Crippen molar-refractivity contribution >= 4 is 37.4 Å². The Morgan fingerprint density at radius 1 is 1.00 bits per heavy atom. The van der Waals surface area contributed by atoms with Crippen LogP contribution in [0.2, 0.25) is 0 Å². The summed E-state index contributed by atoms with van der Waals surface area (Å²) >= 11 is 5.46. The minimum absolute atomic E-state index is 0.285. The van der Waals surface area contributed by atoms with E-state index in [0.29, 0.717) is 13.2 Å². The maximum Gasteiger partial charge on any atom is 0.138 e. The normalized spacial score (nSPS) is 13.9. The summed E-state index contributed by atoms with van der Waals surface area (Å²) in [5.74, 6) is 1.18. The molecule has 5 aromatic rings. The van der Waals surface area contributed by atoms with Crippen LogP contribution in [0.15, 0.2) is 71.5 Å². The summed E-state index contributed by atoms with van der Waals surface area (Å²) in [6.07, 6.45) is 4.99. The maximum absolute atomic E-state index is 10.1. The Labute approximate surface area is 233 Å². The standard InChI is InChI=1S/C29H28BrN5O2S/c30-27-16-20(3-4-22(27)18-35-19-31-32-33-35)15-26-25-10-7-23(36)17-28(25)38-29(26)21-5-8-24(9-6-21)37-14-13-34-11-1-2-12-34/h3-10,16-17,19,36H,1-2,11-15,18H2. The number of rotatable bonds is 9. The Kier molecular flexibility index (Phi) is 7.40. The van der Waals surface area contributed by atoms with Crippen LogP contribution in [0.3, 0.4) is 0 Å². The van der Waals surface area contributed by atoms with Gasteiger partial charge in [-0.15, -0.1) is 16.4 Å². The molecule has 3 heterocycles. The molecular weight excluding hydrogens is 562 g/mol. The Bertz CT molecular complexity index is 1530. The lowest BCUT2D eigenvalue weighted by Crippen LogP contribution is -2.25. The van der Waals surface area contributed by atoms with Crippen molar-refractivity contribution in [2.75, 3.05) is 26.2 Å². The Balaban J connectivity index is 1.24. The molecule has 38 heavy (non-hydrogen) atoms. The fourth-order valence-electron chi connectivity index (χ4n) is 5.01. The van der Waals surface area contributed by atoms with E-state index in [-0.39, 0.29) is 5.75 Å². The molecule has 7 nitrogen and oxygen atoms in total. The number of phenols is 1. The number of benzene rings is 3. The molecule has 2 aromatic heterocycles. The van der Waals surface area contributed by atoms with Gasteiger partial charge in [0.2, 0.25) is 0 Å². The van der Waals surface area contributed by atoms with Gasteiger partial charge >= 0.3 is 0 Å². The van der Waals surface area contributed by atoms with Gasteiger partial charge in [0.1, 0.15) is 24.4 Å². The van der Waals surface area contributed by atoms with Gasteiger partial charge in [-0.1, -0.05) is 28.1 Å². The molecule has 1 saturated heterocycles. The molecule has 1 aliphatic rings. The first-order valence-corrected chi connectivity index (χ1v) is 14.4. The molecule has 0 aliphatic carbocycles. The summed E-state index contributed by atoms with van der Waals surface area (Å²) in [5, 5.41) is 22.7. The Morgan fingerprint density at radius 2 is 1.84 bits per heavy atom. The molecule has 1 N–H and O–H groups in total. The molecule has 0 radical (unpaired) electrons. The maximum atomic E-state index is 10.1. The number of nitrogens with zero attached hydrogens (tertiary/aromatic N) is 5. The second kappa shape index (κ2) is 11.2. The predicted molar refractivity (Wildman–Crippen MR) is 154 cm³/mol. The summed E-state index contributed by atoms with van der Waals surface area (Å²) in [7, 11) is 0.